The summed E-state index contributed by atoms with van der Waals surface area (Å²) < 4.78 is 19.0. The van der Waals surface area contributed by atoms with Crippen molar-refractivity contribution in [1.29, 1.82) is 0 Å². The van der Waals surface area contributed by atoms with Crippen LogP contribution in [0.3, 0.4) is 0 Å². The highest BCUT2D eigenvalue weighted by molar-refractivity contribution is 6.05. The van der Waals surface area contributed by atoms with E-state index in [-0.39, 0.29) is 0 Å². The summed E-state index contributed by atoms with van der Waals surface area (Å²) in [5.74, 6) is 0.217. The van der Waals surface area contributed by atoms with Gasteiger partial charge in [-0.15, -0.1) is 0 Å². The Morgan fingerprint density at radius 3 is 2.81 bits per heavy atom. The molecule has 0 fully saturated rings. The molecule has 0 radical (unpaired) electrons. The molecule has 4 rings (SSSR count). The van der Waals surface area contributed by atoms with Crippen molar-refractivity contribution in [3.05, 3.63) is 41.9 Å². The number of halogens is 1. The van der Waals surface area contributed by atoms with Crippen molar-refractivity contribution in [2.75, 3.05) is 0 Å². The molecule has 6 heteroatoms. The van der Waals surface area contributed by atoms with E-state index in [1.54, 1.807) is 12.3 Å². The van der Waals surface area contributed by atoms with Crippen LogP contribution in [-0.4, -0.2) is 20.1 Å². The van der Waals surface area contributed by atoms with Crippen molar-refractivity contribution in [3.8, 4) is 11.1 Å². The molecule has 0 saturated carbocycles. The second kappa shape index (κ2) is 4.12. The van der Waals surface area contributed by atoms with E-state index in [2.05, 4.69) is 20.1 Å². The van der Waals surface area contributed by atoms with Crippen molar-refractivity contribution < 1.29 is 8.91 Å². The normalized spacial score (nSPS) is 11.6. The van der Waals surface area contributed by atoms with Gasteiger partial charge in [-0.05, 0) is 26.0 Å². The molecule has 0 aliphatic carbocycles. The van der Waals surface area contributed by atoms with Crippen LogP contribution in [0.4, 0.5) is 4.39 Å². The maximum Gasteiger partial charge on any atom is 0.224 e. The standard InChI is InChI=1S/C15H11FN4O/c1-7-12(8(2)21-20-7)9-5-11-14(18-6-9)13-10(19-11)3-4-17-15(13)16/h3-6,19H,1-2H3. The topological polar surface area (TPSA) is 67.6 Å². The van der Waals surface area contributed by atoms with Gasteiger partial charge in [0.25, 0.3) is 0 Å². The first kappa shape index (κ1) is 12.0. The minimum Gasteiger partial charge on any atom is -0.361 e. The third kappa shape index (κ3) is 1.65. The van der Waals surface area contributed by atoms with E-state index in [9.17, 15) is 4.39 Å². The minimum absolute atomic E-state index is 0.415. The molecule has 0 spiro atoms. The first-order chi connectivity index (χ1) is 10.1. The number of fused-ring (bicyclic) bond motifs is 3. The summed E-state index contributed by atoms with van der Waals surface area (Å²) in [6.07, 6.45) is 3.14. The lowest BCUT2D eigenvalue weighted by atomic mass is 10.1. The van der Waals surface area contributed by atoms with Gasteiger partial charge in [0.1, 0.15) is 11.3 Å². The Balaban J connectivity index is 2.03. The monoisotopic (exact) mass is 282 g/mol. The lowest BCUT2D eigenvalue weighted by molar-refractivity contribution is 0.393. The molecule has 0 saturated heterocycles. The van der Waals surface area contributed by atoms with Gasteiger partial charge in [0.15, 0.2) is 0 Å². The van der Waals surface area contributed by atoms with Crippen molar-refractivity contribution in [1.82, 2.24) is 20.1 Å². The molecule has 1 N–H and O–H groups in total. The Kier molecular flexibility index (Phi) is 2.35. The molecule has 0 atom stereocenters. The van der Waals surface area contributed by atoms with Crippen molar-refractivity contribution in [3.63, 3.8) is 0 Å². The van der Waals surface area contributed by atoms with E-state index < -0.39 is 5.95 Å². The molecular formula is C15H11FN4O. The summed E-state index contributed by atoms with van der Waals surface area (Å²) in [5.41, 5.74) is 4.62. The molecular weight excluding hydrogens is 271 g/mol. The Bertz CT molecular complexity index is 967. The molecule has 0 amide bonds. The fraction of sp³-hybridized carbons (Fsp3) is 0.133. The fourth-order valence-corrected chi connectivity index (χ4v) is 2.70. The zero-order valence-corrected chi connectivity index (χ0v) is 11.4. The third-order valence-electron chi connectivity index (χ3n) is 3.62. The van der Waals surface area contributed by atoms with Crippen molar-refractivity contribution in [2.24, 2.45) is 0 Å². The van der Waals surface area contributed by atoms with Gasteiger partial charge in [0.05, 0.1) is 22.1 Å². The number of rotatable bonds is 1. The van der Waals surface area contributed by atoms with E-state index in [4.69, 9.17) is 4.52 Å². The van der Waals surface area contributed by atoms with Crippen LogP contribution in [0.15, 0.2) is 29.0 Å². The number of H-pyrrole nitrogens is 1. The second-order valence-electron chi connectivity index (χ2n) is 4.97. The van der Waals surface area contributed by atoms with E-state index in [1.807, 2.05) is 19.9 Å². The van der Waals surface area contributed by atoms with E-state index in [1.165, 1.54) is 6.20 Å². The van der Waals surface area contributed by atoms with Crippen molar-refractivity contribution in [2.45, 2.75) is 13.8 Å². The highest BCUT2D eigenvalue weighted by atomic mass is 19.1. The van der Waals surface area contributed by atoms with Crippen molar-refractivity contribution >= 4 is 21.9 Å². The molecule has 0 aliphatic rings. The summed E-state index contributed by atoms with van der Waals surface area (Å²) in [4.78, 5) is 11.2. The molecule has 4 aromatic rings. The molecule has 4 heterocycles. The van der Waals surface area contributed by atoms with E-state index >= 15 is 0 Å². The molecule has 0 unspecified atom stereocenters. The summed E-state index contributed by atoms with van der Waals surface area (Å²) in [6.45, 7) is 3.74. The Morgan fingerprint density at radius 1 is 1.19 bits per heavy atom. The third-order valence-corrected chi connectivity index (χ3v) is 3.62. The number of nitrogens with zero attached hydrogens (tertiary/aromatic N) is 3. The van der Waals surface area contributed by atoms with Gasteiger partial charge < -0.3 is 9.51 Å². The molecule has 4 aromatic heterocycles. The van der Waals surface area contributed by atoms with Crippen LogP contribution in [0.25, 0.3) is 33.1 Å². The Morgan fingerprint density at radius 2 is 2.05 bits per heavy atom. The van der Waals surface area contributed by atoms with Gasteiger partial charge in [-0.25, -0.2) is 4.98 Å². The van der Waals surface area contributed by atoms with Gasteiger partial charge in [-0.2, -0.15) is 4.39 Å². The van der Waals surface area contributed by atoms with Gasteiger partial charge >= 0.3 is 0 Å². The molecule has 0 aromatic carbocycles. The minimum atomic E-state index is -0.517. The summed E-state index contributed by atoms with van der Waals surface area (Å²) >= 11 is 0. The van der Waals surface area contributed by atoms with Gasteiger partial charge in [-0.3, -0.25) is 4.98 Å². The number of hydrogen-bond acceptors (Lipinski definition) is 4. The summed E-state index contributed by atoms with van der Waals surface area (Å²) in [6, 6.07) is 3.66. The average molecular weight is 282 g/mol. The van der Waals surface area contributed by atoms with E-state index in [0.717, 1.165) is 28.1 Å². The lowest BCUT2D eigenvalue weighted by Crippen LogP contribution is -1.85. The Labute approximate surface area is 118 Å². The predicted octanol–water partition coefficient (Wildman–Crippen LogP) is 3.52. The Hall–Kier alpha value is -2.76. The number of nitrogens with one attached hydrogen (secondary N) is 1. The van der Waals surface area contributed by atoms with Crippen LogP contribution in [0, 0.1) is 19.8 Å². The molecule has 0 aliphatic heterocycles. The summed E-state index contributed by atoms with van der Waals surface area (Å²) in [7, 11) is 0. The van der Waals surface area contributed by atoms with Crippen LogP contribution >= 0.6 is 0 Å². The van der Waals surface area contributed by atoms with Crippen LogP contribution < -0.4 is 0 Å². The maximum atomic E-state index is 13.9. The lowest BCUT2D eigenvalue weighted by Gasteiger charge is -2.00. The van der Waals surface area contributed by atoms with Crippen LogP contribution in [0.5, 0.6) is 0 Å². The number of pyridine rings is 2. The van der Waals surface area contributed by atoms with Gasteiger partial charge in [0, 0.05) is 23.5 Å². The number of aryl methyl sites for hydroxylation is 2. The summed E-state index contributed by atoms with van der Waals surface area (Å²) in [5, 5.41) is 4.36. The average Bonchev–Trinajstić information content (AvgIpc) is 2.99. The van der Waals surface area contributed by atoms with Crippen LogP contribution in [0.1, 0.15) is 11.5 Å². The molecule has 21 heavy (non-hydrogen) atoms. The first-order valence-corrected chi connectivity index (χ1v) is 6.50. The number of aromatic nitrogens is 4. The maximum absolute atomic E-state index is 13.9. The van der Waals surface area contributed by atoms with Crippen LogP contribution in [-0.2, 0) is 0 Å². The van der Waals surface area contributed by atoms with Gasteiger partial charge in [0.2, 0.25) is 5.95 Å². The molecule has 0 bridgehead atoms. The first-order valence-electron chi connectivity index (χ1n) is 6.50. The SMILES string of the molecule is Cc1noc(C)c1-c1cnc2c(c1)[nH]c1ccnc(F)c12. The number of aromatic amines is 1. The molecule has 5 nitrogen and oxygen atoms in total. The molecule has 104 valence electrons. The zero-order valence-electron chi connectivity index (χ0n) is 11.4. The van der Waals surface area contributed by atoms with Crippen LogP contribution in [0.2, 0.25) is 0 Å². The van der Waals surface area contributed by atoms with E-state index in [0.29, 0.717) is 16.4 Å². The largest absolute Gasteiger partial charge is 0.361 e. The van der Waals surface area contributed by atoms with Gasteiger partial charge in [-0.1, -0.05) is 5.16 Å². The predicted molar refractivity (Wildman–Crippen MR) is 76.3 cm³/mol. The highest BCUT2D eigenvalue weighted by Crippen LogP contribution is 2.31. The zero-order chi connectivity index (χ0) is 14.6. The highest BCUT2D eigenvalue weighted by Gasteiger charge is 2.15. The fourth-order valence-electron chi connectivity index (χ4n) is 2.70. The smallest absolute Gasteiger partial charge is 0.224 e. The second-order valence-corrected chi connectivity index (χ2v) is 4.97. The quantitative estimate of drug-likeness (QED) is 0.542. The number of hydrogen-bond donors (Lipinski definition) is 1.